The molecule has 2 aliphatic heterocycles. The fourth-order valence-corrected chi connectivity index (χ4v) is 5.32. The molecule has 3 heterocycles. The Balaban J connectivity index is 1.39. The maximum absolute atomic E-state index is 13.6. The van der Waals surface area contributed by atoms with Crippen LogP contribution in [0.4, 0.5) is 10.5 Å². The van der Waals surface area contributed by atoms with Gasteiger partial charge in [-0.25, -0.2) is 4.79 Å². The number of rotatable bonds is 4. The van der Waals surface area contributed by atoms with Gasteiger partial charge in [-0.05, 0) is 49.3 Å². The Hall–Kier alpha value is -2.34. The molecule has 6 nitrogen and oxygen atoms in total. The fraction of sp³-hybridized carbons (Fsp3) is 0.565. The second-order valence-corrected chi connectivity index (χ2v) is 8.85. The third-order valence-electron chi connectivity index (χ3n) is 7.09. The summed E-state index contributed by atoms with van der Waals surface area (Å²) in [6.45, 7) is 3.18. The standard InChI is InChI=1S/C23H30N4O2/c28-22-26(21-8-6-19(7-9-21)20-14-24-25-15-20)17-23(10-12-29-13-11-23)27(22)16-18-4-2-1-3-5-18/h6-9,14-15,18H,1-5,10-13,16-17H2,(H,24,25). The van der Waals surface area contributed by atoms with Crippen LogP contribution in [0.25, 0.3) is 11.1 Å². The maximum Gasteiger partial charge on any atom is 0.325 e. The van der Waals surface area contributed by atoms with Gasteiger partial charge in [-0.15, -0.1) is 0 Å². The van der Waals surface area contributed by atoms with E-state index in [9.17, 15) is 4.79 Å². The third-order valence-corrected chi connectivity index (χ3v) is 7.09. The van der Waals surface area contributed by atoms with Crippen molar-refractivity contribution in [3.8, 4) is 11.1 Å². The summed E-state index contributed by atoms with van der Waals surface area (Å²) in [7, 11) is 0. The van der Waals surface area contributed by atoms with Crippen LogP contribution in [0, 0.1) is 5.92 Å². The monoisotopic (exact) mass is 394 g/mol. The van der Waals surface area contributed by atoms with Crippen LogP contribution in [0.5, 0.6) is 0 Å². The molecule has 0 atom stereocenters. The van der Waals surface area contributed by atoms with E-state index in [1.807, 2.05) is 17.3 Å². The zero-order chi connectivity index (χ0) is 19.7. The number of anilines is 1. The van der Waals surface area contributed by atoms with Crippen LogP contribution in [0.3, 0.4) is 0 Å². The average molecular weight is 395 g/mol. The average Bonchev–Trinajstić information content (AvgIpc) is 3.39. The van der Waals surface area contributed by atoms with Gasteiger partial charge in [-0.3, -0.25) is 10.00 Å². The number of hydrogen-bond donors (Lipinski definition) is 1. The molecule has 1 aliphatic carbocycles. The molecule has 3 fully saturated rings. The highest BCUT2D eigenvalue weighted by atomic mass is 16.5. The van der Waals surface area contributed by atoms with Gasteiger partial charge < -0.3 is 9.64 Å². The Bertz CT molecular complexity index is 821. The van der Waals surface area contributed by atoms with Gasteiger partial charge in [0.1, 0.15) is 0 Å². The van der Waals surface area contributed by atoms with Gasteiger partial charge in [0, 0.05) is 37.2 Å². The number of hydrogen-bond acceptors (Lipinski definition) is 3. The number of amides is 2. The first-order valence-electron chi connectivity index (χ1n) is 11.0. The Morgan fingerprint density at radius 3 is 2.52 bits per heavy atom. The molecule has 1 aromatic carbocycles. The summed E-state index contributed by atoms with van der Waals surface area (Å²) in [4.78, 5) is 17.8. The number of aromatic nitrogens is 2. The molecule has 5 rings (SSSR count). The number of H-pyrrole nitrogens is 1. The lowest BCUT2D eigenvalue weighted by atomic mass is 9.85. The van der Waals surface area contributed by atoms with E-state index < -0.39 is 0 Å². The number of benzene rings is 1. The number of urea groups is 1. The van der Waals surface area contributed by atoms with Crippen LogP contribution in [-0.2, 0) is 4.74 Å². The first kappa shape index (κ1) is 18.7. The van der Waals surface area contributed by atoms with Gasteiger partial charge in [0.05, 0.1) is 18.3 Å². The number of carbonyl (C=O) groups excluding carboxylic acids is 1. The summed E-state index contributed by atoms with van der Waals surface area (Å²) >= 11 is 0. The number of carbonyl (C=O) groups is 1. The zero-order valence-corrected chi connectivity index (χ0v) is 17.0. The molecule has 3 aliphatic rings. The molecule has 2 amide bonds. The summed E-state index contributed by atoms with van der Waals surface area (Å²) in [5.74, 6) is 0.649. The summed E-state index contributed by atoms with van der Waals surface area (Å²) in [5, 5.41) is 6.88. The van der Waals surface area contributed by atoms with Gasteiger partial charge in [-0.2, -0.15) is 5.10 Å². The lowest BCUT2D eigenvalue weighted by Gasteiger charge is -2.41. The molecule has 0 radical (unpaired) electrons. The molecular weight excluding hydrogens is 364 g/mol. The molecule has 1 aromatic heterocycles. The molecule has 0 unspecified atom stereocenters. The fourth-order valence-electron chi connectivity index (χ4n) is 5.32. The van der Waals surface area contributed by atoms with Gasteiger partial charge >= 0.3 is 6.03 Å². The first-order valence-corrected chi connectivity index (χ1v) is 11.0. The zero-order valence-electron chi connectivity index (χ0n) is 17.0. The molecule has 1 saturated carbocycles. The topological polar surface area (TPSA) is 61.5 Å². The highest BCUT2D eigenvalue weighted by Crippen LogP contribution is 2.40. The quantitative estimate of drug-likeness (QED) is 0.833. The Kier molecular flexibility index (Phi) is 5.04. The van der Waals surface area contributed by atoms with Crippen molar-refractivity contribution >= 4 is 11.7 Å². The SMILES string of the molecule is O=C1N(c2ccc(-c3cn[nH]c3)cc2)CC2(CCOCC2)N1CC1CCCCC1. The van der Waals surface area contributed by atoms with Crippen molar-refractivity contribution in [1.29, 1.82) is 0 Å². The second-order valence-electron chi connectivity index (χ2n) is 8.85. The predicted molar refractivity (Wildman–Crippen MR) is 113 cm³/mol. The maximum atomic E-state index is 13.6. The van der Waals surface area contributed by atoms with E-state index in [2.05, 4.69) is 39.4 Å². The minimum atomic E-state index is -0.0734. The Morgan fingerprint density at radius 2 is 1.83 bits per heavy atom. The highest BCUT2D eigenvalue weighted by molar-refractivity contribution is 5.95. The van der Waals surface area contributed by atoms with E-state index in [1.165, 1.54) is 32.1 Å². The third kappa shape index (κ3) is 3.54. The number of nitrogens with one attached hydrogen (secondary N) is 1. The number of ether oxygens (including phenoxy) is 1. The first-order chi connectivity index (χ1) is 14.3. The molecule has 1 N–H and O–H groups in total. The minimum absolute atomic E-state index is 0.0734. The van der Waals surface area contributed by atoms with Crippen molar-refractivity contribution < 1.29 is 9.53 Å². The van der Waals surface area contributed by atoms with E-state index in [-0.39, 0.29) is 11.6 Å². The Labute approximate surface area is 172 Å². The van der Waals surface area contributed by atoms with Gasteiger partial charge in [-0.1, -0.05) is 31.4 Å². The summed E-state index contributed by atoms with van der Waals surface area (Å²) in [6.07, 6.45) is 12.1. The molecule has 1 spiro atoms. The summed E-state index contributed by atoms with van der Waals surface area (Å²) < 4.78 is 5.66. The van der Waals surface area contributed by atoms with E-state index >= 15 is 0 Å². The molecule has 29 heavy (non-hydrogen) atoms. The van der Waals surface area contributed by atoms with Crippen molar-refractivity contribution in [3.05, 3.63) is 36.7 Å². The molecular formula is C23H30N4O2. The van der Waals surface area contributed by atoms with Crippen molar-refractivity contribution in [1.82, 2.24) is 15.1 Å². The lowest BCUT2D eigenvalue weighted by Crippen LogP contribution is -2.52. The molecule has 0 bridgehead atoms. The number of nitrogens with zero attached hydrogens (tertiary/aromatic N) is 3. The van der Waals surface area contributed by atoms with Crippen LogP contribution >= 0.6 is 0 Å². The van der Waals surface area contributed by atoms with E-state index in [1.54, 1.807) is 0 Å². The summed E-state index contributed by atoms with van der Waals surface area (Å²) in [6, 6.07) is 8.46. The van der Waals surface area contributed by atoms with Crippen molar-refractivity contribution in [2.75, 3.05) is 31.2 Å². The largest absolute Gasteiger partial charge is 0.381 e. The van der Waals surface area contributed by atoms with E-state index in [0.29, 0.717) is 5.92 Å². The van der Waals surface area contributed by atoms with Crippen LogP contribution in [-0.4, -0.2) is 53.0 Å². The molecule has 2 saturated heterocycles. The predicted octanol–water partition coefficient (Wildman–Crippen LogP) is 4.45. The smallest absolute Gasteiger partial charge is 0.325 e. The van der Waals surface area contributed by atoms with Gasteiger partial charge in [0.25, 0.3) is 0 Å². The van der Waals surface area contributed by atoms with Crippen molar-refractivity contribution in [2.45, 2.75) is 50.5 Å². The lowest BCUT2D eigenvalue weighted by molar-refractivity contribution is 0.00258. The van der Waals surface area contributed by atoms with Crippen molar-refractivity contribution in [3.63, 3.8) is 0 Å². The normalized spacial score (nSPS) is 22.6. The van der Waals surface area contributed by atoms with Crippen LogP contribution in [0.2, 0.25) is 0 Å². The van der Waals surface area contributed by atoms with Crippen molar-refractivity contribution in [2.24, 2.45) is 5.92 Å². The molecule has 2 aromatic rings. The van der Waals surface area contributed by atoms with Crippen LogP contribution < -0.4 is 4.90 Å². The van der Waals surface area contributed by atoms with E-state index in [4.69, 9.17) is 4.74 Å². The Morgan fingerprint density at radius 1 is 1.07 bits per heavy atom. The van der Waals surface area contributed by atoms with Gasteiger partial charge in [0.15, 0.2) is 0 Å². The second kappa shape index (κ2) is 7.82. The van der Waals surface area contributed by atoms with Crippen LogP contribution in [0.15, 0.2) is 36.7 Å². The number of aromatic amines is 1. The minimum Gasteiger partial charge on any atom is -0.381 e. The summed E-state index contributed by atoms with van der Waals surface area (Å²) in [5.41, 5.74) is 3.08. The highest BCUT2D eigenvalue weighted by Gasteiger charge is 2.51. The van der Waals surface area contributed by atoms with Crippen LogP contribution in [0.1, 0.15) is 44.9 Å². The van der Waals surface area contributed by atoms with E-state index in [0.717, 1.165) is 56.0 Å². The molecule has 6 heteroatoms. The van der Waals surface area contributed by atoms with Gasteiger partial charge in [0.2, 0.25) is 0 Å². The molecule has 154 valence electrons.